The first-order chi connectivity index (χ1) is 14.5. The van der Waals surface area contributed by atoms with Gasteiger partial charge in [0.2, 0.25) is 0 Å². The quantitative estimate of drug-likeness (QED) is 0.364. The Kier molecular flexibility index (Phi) is 6.91. The molecule has 0 fully saturated rings. The summed E-state index contributed by atoms with van der Waals surface area (Å²) in [6, 6.07) is 4.52. The van der Waals surface area contributed by atoms with Crippen molar-refractivity contribution < 1.29 is 50.1 Å². The summed E-state index contributed by atoms with van der Waals surface area (Å²) in [7, 11) is 1.15. The Bertz CT molecular complexity index is 990. The Morgan fingerprint density at radius 3 is 1.97 bits per heavy atom. The fourth-order valence-electron chi connectivity index (χ4n) is 2.71. The maximum absolute atomic E-state index is 13.4. The van der Waals surface area contributed by atoms with E-state index in [0.717, 1.165) is 44.4 Å². The molecule has 0 radical (unpaired) electrons. The molecular weight excluding hydrogens is 446 g/mol. The summed E-state index contributed by atoms with van der Waals surface area (Å²) in [6.07, 6.45) is -9.69. The van der Waals surface area contributed by atoms with Crippen LogP contribution in [0, 0.1) is 6.92 Å². The molecule has 2 rings (SSSR count). The molecule has 0 atom stereocenters. The van der Waals surface area contributed by atoms with E-state index >= 15 is 0 Å². The van der Waals surface area contributed by atoms with Crippen LogP contribution in [-0.4, -0.2) is 25.0 Å². The monoisotopic (exact) mass is 466 g/mol. The van der Waals surface area contributed by atoms with E-state index in [0.29, 0.717) is 0 Å². The van der Waals surface area contributed by atoms with Crippen molar-refractivity contribution in [3.63, 3.8) is 0 Å². The van der Waals surface area contributed by atoms with Gasteiger partial charge in [0, 0.05) is 6.07 Å². The minimum atomic E-state index is -4.94. The van der Waals surface area contributed by atoms with E-state index in [1.165, 1.54) is 20.8 Å². The molecule has 0 unspecified atom stereocenters. The lowest BCUT2D eigenvalue weighted by atomic mass is 10.0. The van der Waals surface area contributed by atoms with Crippen LogP contribution < -0.4 is 14.2 Å². The highest BCUT2D eigenvalue weighted by molar-refractivity contribution is 5.95. The topological polar surface area (TPSA) is 54.0 Å². The van der Waals surface area contributed by atoms with Crippen molar-refractivity contribution in [1.82, 2.24) is 0 Å². The van der Waals surface area contributed by atoms with Crippen molar-refractivity contribution in [1.29, 1.82) is 0 Å². The van der Waals surface area contributed by atoms with Gasteiger partial charge in [-0.25, -0.2) is 4.79 Å². The van der Waals surface area contributed by atoms with Crippen LogP contribution in [0.2, 0.25) is 0 Å². The lowest BCUT2D eigenvalue weighted by Crippen LogP contribution is -2.25. The highest BCUT2D eigenvalue weighted by Gasteiger charge is 2.36. The molecule has 0 amide bonds. The number of halogens is 6. The molecule has 0 aliphatic heterocycles. The van der Waals surface area contributed by atoms with E-state index in [1.54, 1.807) is 0 Å². The largest absolute Gasteiger partial charge is 0.573 e. The normalized spacial score (nSPS) is 12.3. The van der Waals surface area contributed by atoms with Gasteiger partial charge in [0.15, 0.2) is 11.5 Å². The molecule has 2 aromatic carbocycles. The number of ether oxygens (including phenoxy) is 4. The van der Waals surface area contributed by atoms with Crippen molar-refractivity contribution in [2.75, 3.05) is 7.11 Å². The zero-order valence-electron chi connectivity index (χ0n) is 17.7. The highest BCUT2D eigenvalue weighted by Crippen LogP contribution is 2.41. The molecule has 0 aliphatic carbocycles. The zero-order valence-corrected chi connectivity index (χ0v) is 17.7. The summed E-state index contributed by atoms with van der Waals surface area (Å²) in [5.41, 5.74) is -2.98. The average Bonchev–Trinajstić information content (AvgIpc) is 2.59. The maximum Gasteiger partial charge on any atom is 0.573 e. The molecule has 2 aromatic rings. The van der Waals surface area contributed by atoms with Crippen molar-refractivity contribution in [2.24, 2.45) is 0 Å². The van der Waals surface area contributed by atoms with Gasteiger partial charge in [0.05, 0.1) is 12.7 Å². The number of carbonyl (C=O) groups is 1. The fourth-order valence-corrected chi connectivity index (χ4v) is 2.71. The zero-order chi connectivity index (χ0) is 24.5. The summed E-state index contributed by atoms with van der Waals surface area (Å²) in [5.74, 6) is -2.33. The van der Waals surface area contributed by atoms with Crippen molar-refractivity contribution in [3.8, 4) is 23.0 Å². The minimum absolute atomic E-state index is 0.161. The minimum Gasteiger partial charge on any atom is -0.493 e. The number of esters is 1. The van der Waals surface area contributed by atoms with Crippen molar-refractivity contribution in [2.45, 2.75) is 45.8 Å². The molecule has 176 valence electrons. The predicted molar refractivity (Wildman–Crippen MR) is 101 cm³/mol. The molecule has 32 heavy (non-hydrogen) atoms. The van der Waals surface area contributed by atoms with Crippen LogP contribution in [0.25, 0.3) is 0 Å². The van der Waals surface area contributed by atoms with Crippen molar-refractivity contribution >= 4 is 5.97 Å². The molecule has 0 spiro atoms. The second kappa shape index (κ2) is 8.79. The van der Waals surface area contributed by atoms with Crippen molar-refractivity contribution in [3.05, 3.63) is 47.0 Å². The molecule has 5 nitrogen and oxygen atoms in total. The number of benzene rings is 2. The first-order valence-corrected chi connectivity index (χ1v) is 9.07. The number of alkyl halides is 6. The van der Waals surface area contributed by atoms with Gasteiger partial charge in [0.1, 0.15) is 22.7 Å². The number of methoxy groups -OCH3 is 1. The third-order valence-corrected chi connectivity index (χ3v) is 3.92. The van der Waals surface area contributed by atoms with E-state index in [4.69, 9.17) is 14.2 Å². The molecule has 0 N–H and O–H groups in total. The number of carbonyl (C=O) groups excluding carboxylic acids is 1. The van der Waals surface area contributed by atoms with Crippen LogP contribution >= 0.6 is 0 Å². The molecule has 0 aliphatic rings. The molecule has 0 saturated heterocycles. The second-order valence-electron chi connectivity index (χ2n) is 7.57. The third kappa shape index (κ3) is 6.44. The molecule has 0 heterocycles. The maximum atomic E-state index is 13.4. The summed E-state index contributed by atoms with van der Waals surface area (Å²) in [6.45, 7) is 5.71. The van der Waals surface area contributed by atoms with Crippen LogP contribution in [0.4, 0.5) is 26.3 Å². The van der Waals surface area contributed by atoms with E-state index in [1.807, 2.05) is 0 Å². The van der Waals surface area contributed by atoms with E-state index in [2.05, 4.69) is 4.74 Å². The first-order valence-electron chi connectivity index (χ1n) is 9.07. The van der Waals surface area contributed by atoms with Gasteiger partial charge in [-0.05, 0) is 57.5 Å². The summed E-state index contributed by atoms with van der Waals surface area (Å²) in [5, 5.41) is 0. The Hall–Kier alpha value is -3.11. The van der Waals surface area contributed by atoms with E-state index in [-0.39, 0.29) is 17.2 Å². The number of hydrogen-bond donors (Lipinski definition) is 0. The lowest BCUT2D eigenvalue weighted by Gasteiger charge is -2.23. The molecule has 0 bridgehead atoms. The van der Waals surface area contributed by atoms with Gasteiger partial charge in [-0.1, -0.05) is 0 Å². The Morgan fingerprint density at radius 2 is 1.47 bits per heavy atom. The van der Waals surface area contributed by atoms with Crippen LogP contribution in [0.3, 0.4) is 0 Å². The van der Waals surface area contributed by atoms with Gasteiger partial charge in [-0.2, -0.15) is 13.2 Å². The average molecular weight is 466 g/mol. The smallest absolute Gasteiger partial charge is 0.493 e. The number of hydrogen-bond acceptors (Lipinski definition) is 5. The number of rotatable bonds is 5. The fraction of sp³-hybridized carbons (Fsp3) is 0.381. The standard InChI is InChI=1S/C21H20F6O5/c1-11-13(20(22,23)24)7-9-15(17(11)18(28)32-19(2,3)4)30-14-8-6-12(10-16(14)29-5)31-21(25,26)27/h6-10H,1-5H3. The summed E-state index contributed by atoms with van der Waals surface area (Å²) in [4.78, 5) is 12.7. The van der Waals surface area contributed by atoms with Crippen LogP contribution in [-0.2, 0) is 10.9 Å². The molecule has 0 aromatic heterocycles. The summed E-state index contributed by atoms with van der Waals surface area (Å²) >= 11 is 0. The first kappa shape index (κ1) is 25.2. The molecule has 11 heteroatoms. The van der Waals surface area contributed by atoms with Crippen LogP contribution in [0.1, 0.15) is 42.3 Å². The SMILES string of the molecule is COc1cc(OC(F)(F)F)ccc1Oc1ccc(C(F)(F)F)c(C)c1C(=O)OC(C)(C)C. The lowest BCUT2D eigenvalue weighted by molar-refractivity contribution is -0.274. The van der Waals surface area contributed by atoms with Gasteiger partial charge < -0.3 is 18.9 Å². The Labute approximate surface area is 179 Å². The Balaban J connectivity index is 2.55. The van der Waals surface area contributed by atoms with Crippen LogP contribution in [0.15, 0.2) is 30.3 Å². The summed E-state index contributed by atoms with van der Waals surface area (Å²) < 4.78 is 97.0. The van der Waals surface area contributed by atoms with Gasteiger partial charge in [-0.3, -0.25) is 0 Å². The van der Waals surface area contributed by atoms with E-state index in [9.17, 15) is 31.1 Å². The highest BCUT2D eigenvalue weighted by atomic mass is 19.4. The second-order valence-corrected chi connectivity index (χ2v) is 7.57. The molecular formula is C21H20F6O5. The molecule has 0 saturated carbocycles. The van der Waals surface area contributed by atoms with Gasteiger partial charge in [-0.15, -0.1) is 13.2 Å². The van der Waals surface area contributed by atoms with Gasteiger partial charge >= 0.3 is 18.5 Å². The predicted octanol–water partition coefficient (Wildman–Crippen LogP) is 6.67. The van der Waals surface area contributed by atoms with Gasteiger partial charge in [0.25, 0.3) is 0 Å². The van der Waals surface area contributed by atoms with Crippen LogP contribution in [0.5, 0.6) is 23.0 Å². The third-order valence-electron chi connectivity index (χ3n) is 3.92. The Morgan fingerprint density at radius 1 is 0.875 bits per heavy atom. The van der Waals surface area contributed by atoms with E-state index < -0.39 is 46.5 Å².